The molecule has 0 bridgehead atoms. The fraction of sp³-hybridized carbons (Fsp3) is 0.208. The normalized spacial score (nSPS) is 15.4. The molecule has 3 aromatic rings. The fourth-order valence-corrected chi connectivity index (χ4v) is 4.98. The predicted molar refractivity (Wildman–Crippen MR) is 121 cm³/mol. The summed E-state index contributed by atoms with van der Waals surface area (Å²) in [5, 5.41) is 2.84. The Morgan fingerprint density at radius 1 is 1.09 bits per heavy atom. The van der Waals surface area contributed by atoms with Crippen LogP contribution in [0.25, 0.3) is 0 Å². The van der Waals surface area contributed by atoms with Gasteiger partial charge in [-0.25, -0.2) is 8.42 Å². The van der Waals surface area contributed by atoms with Crippen molar-refractivity contribution >= 4 is 21.6 Å². The first-order chi connectivity index (χ1) is 15.4. The highest BCUT2D eigenvalue weighted by Crippen LogP contribution is 2.38. The van der Waals surface area contributed by atoms with E-state index < -0.39 is 16.1 Å². The maximum atomic E-state index is 13.5. The number of aryl methyl sites for hydroxylation is 1. The van der Waals surface area contributed by atoms with Crippen LogP contribution in [0.5, 0.6) is 11.5 Å². The number of hydrogen-bond acceptors (Lipinski definition) is 5. The lowest BCUT2D eigenvalue weighted by Gasteiger charge is -2.35. The molecule has 0 spiro atoms. The molecule has 0 fully saturated rings. The molecule has 1 amide bonds. The number of sulfonamides is 1. The Kier molecular flexibility index (Phi) is 6.05. The van der Waals surface area contributed by atoms with E-state index >= 15 is 0 Å². The molecular formula is C24H24N2O5S. The molecule has 3 aromatic carbocycles. The SMILES string of the molecule is COc1ccc(S(=O)(=O)N2C[C@@H](C(=O)NCc3ccccc3)Oc3cc(C)ccc32)cc1. The number of benzene rings is 3. The third-order valence-electron chi connectivity index (χ3n) is 5.23. The Balaban J connectivity index is 1.63. The number of nitrogens with zero attached hydrogens (tertiary/aromatic N) is 1. The van der Waals surface area contributed by atoms with Crippen LogP contribution in [0.15, 0.2) is 77.7 Å². The lowest BCUT2D eigenvalue weighted by atomic mass is 10.1. The third kappa shape index (κ3) is 4.40. The van der Waals surface area contributed by atoms with E-state index in [1.165, 1.54) is 23.5 Å². The van der Waals surface area contributed by atoms with Gasteiger partial charge in [-0.2, -0.15) is 0 Å². The van der Waals surface area contributed by atoms with E-state index in [-0.39, 0.29) is 17.3 Å². The standard InChI is InChI=1S/C24H24N2O5S/c1-17-8-13-21-22(14-17)31-23(24(27)25-15-18-6-4-3-5-7-18)16-26(21)32(28,29)20-11-9-19(30-2)10-12-20/h3-14,23H,15-16H2,1-2H3,(H,25,27)/t23-/m0/s1. The molecule has 1 N–H and O–H groups in total. The number of carbonyl (C=O) groups is 1. The van der Waals surface area contributed by atoms with Gasteiger partial charge < -0.3 is 14.8 Å². The Morgan fingerprint density at radius 2 is 1.81 bits per heavy atom. The summed E-state index contributed by atoms with van der Waals surface area (Å²) < 4.78 is 39.2. The quantitative estimate of drug-likeness (QED) is 0.621. The van der Waals surface area contributed by atoms with Crippen molar-refractivity contribution in [3.63, 3.8) is 0 Å². The van der Waals surface area contributed by atoms with E-state index in [0.29, 0.717) is 23.7 Å². The topological polar surface area (TPSA) is 84.9 Å². The molecule has 8 heteroatoms. The number of nitrogens with one attached hydrogen (secondary N) is 1. The van der Waals surface area contributed by atoms with Gasteiger partial charge in [0, 0.05) is 6.54 Å². The van der Waals surface area contributed by atoms with Gasteiger partial charge in [0.1, 0.15) is 11.5 Å². The molecule has 1 atom stereocenters. The van der Waals surface area contributed by atoms with Crippen molar-refractivity contribution in [1.82, 2.24) is 5.32 Å². The van der Waals surface area contributed by atoms with Crippen molar-refractivity contribution in [3.05, 3.63) is 83.9 Å². The first-order valence-electron chi connectivity index (χ1n) is 10.1. The number of rotatable bonds is 6. The lowest BCUT2D eigenvalue weighted by molar-refractivity contribution is -0.127. The molecular weight excluding hydrogens is 428 g/mol. The summed E-state index contributed by atoms with van der Waals surface area (Å²) >= 11 is 0. The number of anilines is 1. The van der Waals surface area contributed by atoms with Gasteiger partial charge in [0.15, 0.2) is 6.10 Å². The van der Waals surface area contributed by atoms with Crippen LogP contribution in [-0.4, -0.2) is 34.1 Å². The van der Waals surface area contributed by atoms with Crippen molar-refractivity contribution in [1.29, 1.82) is 0 Å². The second-order valence-corrected chi connectivity index (χ2v) is 9.36. The highest BCUT2D eigenvalue weighted by atomic mass is 32.2. The predicted octanol–water partition coefficient (Wildman–Crippen LogP) is 3.28. The number of hydrogen-bond donors (Lipinski definition) is 1. The van der Waals surface area contributed by atoms with E-state index in [2.05, 4.69) is 5.32 Å². The third-order valence-corrected chi connectivity index (χ3v) is 7.03. The van der Waals surface area contributed by atoms with E-state index in [9.17, 15) is 13.2 Å². The molecule has 0 aromatic heterocycles. The van der Waals surface area contributed by atoms with Crippen LogP contribution in [0.1, 0.15) is 11.1 Å². The minimum Gasteiger partial charge on any atom is -0.497 e. The van der Waals surface area contributed by atoms with Crippen molar-refractivity contribution in [2.45, 2.75) is 24.5 Å². The molecule has 1 aliphatic heterocycles. The average Bonchev–Trinajstić information content (AvgIpc) is 2.82. The van der Waals surface area contributed by atoms with Crippen LogP contribution in [0.4, 0.5) is 5.69 Å². The highest BCUT2D eigenvalue weighted by Gasteiger charge is 2.37. The van der Waals surface area contributed by atoms with Gasteiger partial charge in [0.2, 0.25) is 0 Å². The number of carbonyl (C=O) groups excluding carboxylic acids is 1. The molecule has 0 aliphatic carbocycles. The van der Waals surface area contributed by atoms with E-state index in [0.717, 1.165) is 11.1 Å². The highest BCUT2D eigenvalue weighted by molar-refractivity contribution is 7.92. The second-order valence-electron chi connectivity index (χ2n) is 7.49. The molecule has 7 nitrogen and oxygen atoms in total. The first-order valence-corrected chi connectivity index (χ1v) is 11.6. The Morgan fingerprint density at radius 3 is 2.50 bits per heavy atom. The average molecular weight is 453 g/mol. The molecule has 166 valence electrons. The lowest BCUT2D eigenvalue weighted by Crippen LogP contribution is -2.50. The smallest absolute Gasteiger partial charge is 0.264 e. The Bertz CT molecular complexity index is 1210. The number of amides is 1. The zero-order valence-corrected chi connectivity index (χ0v) is 18.6. The summed E-state index contributed by atoms with van der Waals surface area (Å²) in [4.78, 5) is 13.0. The minimum atomic E-state index is -3.93. The van der Waals surface area contributed by atoms with Gasteiger partial charge in [-0.1, -0.05) is 36.4 Å². The number of fused-ring (bicyclic) bond motifs is 1. The molecule has 32 heavy (non-hydrogen) atoms. The second kappa shape index (κ2) is 8.92. The van der Waals surface area contributed by atoms with Gasteiger partial charge in [0.05, 0.1) is 24.2 Å². The van der Waals surface area contributed by atoms with Crippen molar-refractivity contribution in [3.8, 4) is 11.5 Å². The van der Waals surface area contributed by atoms with E-state index in [1.54, 1.807) is 24.3 Å². The van der Waals surface area contributed by atoms with Crippen molar-refractivity contribution < 1.29 is 22.7 Å². The van der Waals surface area contributed by atoms with Crippen LogP contribution in [0.3, 0.4) is 0 Å². The summed E-state index contributed by atoms with van der Waals surface area (Å²) in [5.74, 6) is 0.532. The summed E-state index contributed by atoms with van der Waals surface area (Å²) in [7, 11) is -2.41. The molecule has 1 aliphatic rings. The van der Waals surface area contributed by atoms with Gasteiger partial charge in [0.25, 0.3) is 15.9 Å². The molecule has 1 heterocycles. The van der Waals surface area contributed by atoms with Crippen LogP contribution in [0.2, 0.25) is 0 Å². The van der Waals surface area contributed by atoms with Crippen LogP contribution in [0, 0.1) is 6.92 Å². The maximum Gasteiger partial charge on any atom is 0.264 e. The zero-order valence-electron chi connectivity index (χ0n) is 17.8. The van der Waals surface area contributed by atoms with E-state index in [4.69, 9.17) is 9.47 Å². The molecule has 0 saturated carbocycles. The van der Waals surface area contributed by atoms with Crippen LogP contribution < -0.4 is 19.1 Å². The summed E-state index contributed by atoms with van der Waals surface area (Å²) in [6, 6.07) is 20.9. The van der Waals surface area contributed by atoms with Gasteiger partial charge in [-0.15, -0.1) is 0 Å². The van der Waals surface area contributed by atoms with Crippen molar-refractivity contribution in [2.24, 2.45) is 0 Å². The molecule has 0 unspecified atom stereocenters. The van der Waals surface area contributed by atoms with Gasteiger partial charge in [-0.3, -0.25) is 9.10 Å². The van der Waals surface area contributed by atoms with Gasteiger partial charge in [-0.05, 0) is 54.4 Å². The molecule has 0 radical (unpaired) electrons. The zero-order chi connectivity index (χ0) is 22.7. The fourth-order valence-electron chi connectivity index (χ4n) is 3.50. The maximum absolute atomic E-state index is 13.5. The Labute approximate surface area is 187 Å². The van der Waals surface area contributed by atoms with Crippen molar-refractivity contribution in [2.75, 3.05) is 18.0 Å². The molecule has 0 saturated heterocycles. The number of ether oxygens (including phenoxy) is 2. The number of methoxy groups -OCH3 is 1. The van der Waals surface area contributed by atoms with Gasteiger partial charge >= 0.3 is 0 Å². The van der Waals surface area contributed by atoms with Crippen LogP contribution >= 0.6 is 0 Å². The monoisotopic (exact) mass is 452 g/mol. The van der Waals surface area contributed by atoms with E-state index in [1.807, 2.05) is 43.3 Å². The van der Waals surface area contributed by atoms with Crippen LogP contribution in [-0.2, 0) is 21.4 Å². The first kappa shape index (κ1) is 21.7. The largest absolute Gasteiger partial charge is 0.497 e. The summed E-state index contributed by atoms with van der Waals surface area (Å²) in [5.41, 5.74) is 2.24. The Hall–Kier alpha value is -3.52. The minimum absolute atomic E-state index is 0.107. The summed E-state index contributed by atoms with van der Waals surface area (Å²) in [6.07, 6.45) is -0.985. The molecule has 4 rings (SSSR count). The summed E-state index contributed by atoms with van der Waals surface area (Å²) in [6.45, 7) is 2.07.